The van der Waals surface area contributed by atoms with E-state index in [9.17, 15) is 4.79 Å². The maximum atomic E-state index is 12.3. The molecule has 1 aliphatic rings. The molecule has 2 nitrogen and oxygen atoms in total. The van der Waals surface area contributed by atoms with Crippen LogP contribution in [0, 0.1) is 0 Å². The van der Waals surface area contributed by atoms with Crippen molar-refractivity contribution >= 4 is 33.6 Å². The summed E-state index contributed by atoms with van der Waals surface area (Å²) in [5, 5.41) is 3.02. The highest BCUT2D eigenvalue weighted by Gasteiger charge is 2.27. The molecule has 0 fully saturated rings. The number of carbonyl (C=O) groups excluding carboxylic acids is 1. The minimum absolute atomic E-state index is 0.00473. The van der Waals surface area contributed by atoms with Crippen molar-refractivity contribution in [3.05, 3.63) is 64.1 Å². The second kappa shape index (κ2) is 6.02. The first kappa shape index (κ1) is 13.7. The van der Waals surface area contributed by atoms with Crippen LogP contribution >= 0.6 is 27.7 Å². The first-order valence-electron chi connectivity index (χ1n) is 6.50. The van der Waals surface area contributed by atoms with Gasteiger partial charge in [-0.15, -0.1) is 11.8 Å². The summed E-state index contributed by atoms with van der Waals surface area (Å²) < 4.78 is 1.03. The Kier molecular flexibility index (Phi) is 4.13. The number of thioether (sulfide) groups is 1. The molecule has 2 aromatic rings. The fourth-order valence-electron chi connectivity index (χ4n) is 2.27. The number of hydrogen-bond acceptors (Lipinski definition) is 2. The van der Waals surface area contributed by atoms with Gasteiger partial charge >= 0.3 is 0 Å². The second-order valence-corrected chi connectivity index (χ2v) is 6.83. The SMILES string of the molecule is O=C(NCc1ccccc1Br)C1Cc2ccccc2S1. The predicted octanol–water partition coefficient (Wildman–Crippen LogP) is 3.78. The van der Waals surface area contributed by atoms with Gasteiger partial charge in [-0.1, -0.05) is 52.3 Å². The average molecular weight is 348 g/mol. The van der Waals surface area contributed by atoms with Gasteiger partial charge in [0.15, 0.2) is 0 Å². The molecular formula is C16H14BrNOS. The van der Waals surface area contributed by atoms with E-state index in [2.05, 4.69) is 33.4 Å². The lowest BCUT2D eigenvalue weighted by Gasteiger charge is -2.10. The maximum absolute atomic E-state index is 12.3. The van der Waals surface area contributed by atoms with Crippen molar-refractivity contribution in [2.45, 2.75) is 23.1 Å². The molecule has 0 radical (unpaired) electrons. The van der Waals surface area contributed by atoms with Gasteiger partial charge in [0.05, 0.1) is 5.25 Å². The third kappa shape index (κ3) is 2.91. The Morgan fingerprint density at radius 2 is 1.95 bits per heavy atom. The highest BCUT2D eigenvalue weighted by molar-refractivity contribution is 9.10. The van der Waals surface area contributed by atoms with Crippen LogP contribution in [-0.4, -0.2) is 11.2 Å². The van der Waals surface area contributed by atoms with E-state index in [0.717, 1.165) is 16.5 Å². The van der Waals surface area contributed by atoms with Crippen molar-refractivity contribution in [2.75, 3.05) is 0 Å². The highest BCUT2D eigenvalue weighted by atomic mass is 79.9. The molecule has 3 rings (SSSR count). The van der Waals surface area contributed by atoms with Crippen molar-refractivity contribution < 1.29 is 4.79 Å². The summed E-state index contributed by atoms with van der Waals surface area (Å²) in [6, 6.07) is 16.2. The van der Waals surface area contributed by atoms with E-state index in [0.29, 0.717) is 6.54 Å². The zero-order valence-electron chi connectivity index (χ0n) is 10.8. The second-order valence-electron chi connectivity index (χ2n) is 4.73. The predicted molar refractivity (Wildman–Crippen MR) is 85.8 cm³/mol. The quantitative estimate of drug-likeness (QED) is 0.915. The van der Waals surface area contributed by atoms with Crippen molar-refractivity contribution in [1.29, 1.82) is 0 Å². The molecule has 1 N–H and O–H groups in total. The van der Waals surface area contributed by atoms with Gasteiger partial charge in [0.25, 0.3) is 0 Å². The largest absolute Gasteiger partial charge is 0.351 e. The van der Waals surface area contributed by atoms with Crippen molar-refractivity contribution in [3.8, 4) is 0 Å². The topological polar surface area (TPSA) is 29.1 Å². The standard InChI is InChI=1S/C16H14BrNOS/c17-13-7-3-1-6-12(13)10-18-16(19)15-9-11-5-2-4-8-14(11)20-15/h1-8,15H,9-10H2,(H,18,19). The molecule has 1 aliphatic heterocycles. The molecule has 1 amide bonds. The Labute approximate surface area is 131 Å². The number of amides is 1. The molecule has 20 heavy (non-hydrogen) atoms. The monoisotopic (exact) mass is 347 g/mol. The molecule has 102 valence electrons. The van der Waals surface area contributed by atoms with Gasteiger partial charge in [-0.3, -0.25) is 4.79 Å². The lowest BCUT2D eigenvalue weighted by molar-refractivity contribution is -0.120. The first-order valence-corrected chi connectivity index (χ1v) is 8.17. The molecule has 2 aromatic carbocycles. The van der Waals surface area contributed by atoms with Crippen LogP contribution in [0.1, 0.15) is 11.1 Å². The van der Waals surface area contributed by atoms with Gasteiger partial charge < -0.3 is 5.32 Å². The van der Waals surface area contributed by atoms with Crippen LogP contribution in [-0.2, 0) is 17.8 Å². The minimum Gasteiger partial charge on any atom is -0.351 e. The van der Waals surface area contributed by atoms with Crippen LogP contribution in [0.15, 0.2) is 57.9 Å². The van der Waals surface area contributed by atoms with E-state index >= 15 is 0 Å². The number of fused-ring (bicyclic) bond motifs is 1. The molecule has 0 saturated heterocycles. The van der Waals surface area contributed by atoms with E-state index in [1.807, 2.05) is 36.4 Å². The number of halogens is 1. The molecule has 0 aliphatic carbocycles. The normalized spacial score (nSPS) is 16.8. The number of nitrogens with one attached hydrogen (secondary N) is 1. The zero-order chi connectivity index (χ0) is 13.9. The van der Waals surface area contributed by atoms with E-state index in [1.165, 1.54) is 10.5 Å². The van der Waals surface area contributed by atoms with E-state index < -0.39 is 0 Å². The maximum Gasteiger partial charge on any atom is 0.234 e. The van der Waals surface area contributed by atoms with E-state index in [4.69, 9.17) is 0 Å². The average Bonchev–Trinajstić information content (AvgIpc) is 2.90. The van der Waals surface area contributed by atoms with Gasteiger partial charge in [-0.25, -0.2) is 0 Å². The molecule has 0 spiro atoms. The summed E-state index contributed by atoms with van der Waals surface area (Å²) >= 11 is 5.16. The number of rotatable bonds is 3. The summed E-state index contributed by atoms with van der Waals surface area (Å²) in [6.07, 6.45) is 0.822. The number of hydrogen-bond donors (Lipinski definition) is 1. The Morgan fingerprint density at radius 1 is 1.20 bits per heavy atom. The summed E-state index contributed by atoms with van der Waals surface area (Å²) in [6.45, 7) is 0.563. The van der Waals surface area contributed by atoms with Crippen LogP contribution < -0.4 is 5.32 Å². The van der Waals surface area contributed by atoms with Crippen LogP contribution in [0.2, 0.25) is 0 Å². The summed E-state index contributed by atoms with van der Waals surface area (Å²) in [7, 11) is 0. The van der Waals surface area contributed by atoms with Crippen molar-refractivity contribution in [2.24, 2.45) is 0 Å². The number of benzene rings is 2. The Balaban J connectivity index is 1.61. The molecular weight excluding hydrogens is 334 g/mol. The van der Waals surface area contributed by atoms with Gasteiger partial charge in [-0.05, 0) is 29.7 Å². The minimum atomic E-state index is -0.00473. The van der Waals surface area contributed by atoms with Crippen LogP contribution in [0.5, 0.6) is 0 Å². The fraction of sp³-hybridized carbons (Fsp3) is 0.188. The molecule has 1 atom stereocenters. The number of carbonyl (C=O) groups is 1. The molecule has 1 unspecified atom stereocenters. The van der Waals surface area contributed by atoms with E-state index in [1.54, 1.807) is 11.8 Å². The van der Waals surface area contributed by atoms with Crippen LogP contribution in [0.4, 0.5) is 0 Å². The van der Waals surface area contributed by atoms with E-state index in [-0.39, 0.29) is 11.2 Å². The van der Waals surface area contributed by atoms with Gasteiger partial charge in [0.2, 0.25) is 5.91 Å². The summed E-state index contributed by atoms with van der Waals surface area (Å²) in [4.78, 5) is 13.5. The fourth-order valence-corrected chi connectivity index (χ4v) is 3.91. The highest BCUT2D eigenvalue weighted by Crippen LogP contribution is 2.36. The lowest BCUT2D eigenvalue weighted by Crippen LogP contribution is -2.32. The first-order chi connectivity index (χ1) is 9.74. The third-order valence-electron chi connectivity index (χ3n) is 3.35. The smallest absolute Gasteiger partial charge is 0.234 e. The third-order valence-corrected chi connectivity index (χ3v) is 5.44. The summed E-state index contributed by atoms with van der Waals surface area (Å²) in [5.41, 5.74) is 2.37. The summed E-state index contributed by atoms with van der Waals surface area (Å²) in [5.74, 6) is 0.113. The molecule has 0 aromatic heterocycles. The molecule has 4 heteroatoms. The Bertz CT molecular complexity index is 619. The van der Waals surface area contributed by atoms with Crippen LogP contribution in [0.25, 0.3) is 0 Å². The lowest BCUT2D eigenvalue weighted by atomic mass is 10.1. The van der Waals surface area contributed by atoms with Crippen molar-refractivity contribution in [1.82, 2.24) is 5.32 Å². The molecule has 1 heterocycles. The molecule has 0 saturated carbocycles. The Morgan fingerprint density at radius 3 is 2.75 bits per heavy atom. The van der Waals surface area contributed by atoms with Gasteiger partial charge in [0, 0.05) is 15.9 Å². The molecule has 0 bridgehead atoms. The van der Waals surface area contributed by atoms with Crippen LogP contribution in [0.3, 0.4) is 0 Å². The van der Waals surface area contributed by atoms with Crippen molar-refractivity contribution in [3.63, 3.8) is 0 Å². The Hall–Kier alpha value is -1.26. The van der Waals surface area contributed by atoms with Gasteiger partial charge in [0.1, 0.15) is 0 Å². The van der Waals surface area contributed by atoms with Gasteiger partial charge in [-0.2, -0.15) is 0 Å². The zero-order valence-corrected chi connectivity index (χ0v) is 13.2.